The smallest absolute Gasteiger partial charge is 0.241 e. The molecule has 1 aromatic rings. The van der Waals surface area contributed by atoms with Crippen molar-refractivity contribution in [2.75, 3.05) is 18.6 Å². The Bertz CT molecular complexity index is 703. The first-order valence-corrected chi connectivity index (χ1v) is 11.9. The van der Waals surface area contributed by atoms with Gasteiger partial charge in [0.05, 0.1) is 4.90 Å². The van der Waals surface area contributed by atoms with E-state index < -0.39 is 16.1 Å². The van der Waals surface area contributed by atoms with Crippen LogP contribution in [-0.2, 0) is 14.8 Å². The standard InChI is InChI=1S/C19H28N2O3S2/c1-25-15-13-18(21-26(23,24)17-10-6-3-7-11-17)19(22)20-14-12-16-8-4-2-5-9-16/h3,6-8,10-11,18,21H,2,4-5,9,12-15H2,1H3,(H,20,22). The molecule has 0 saturated heterocycles. The van der Waals surface area contributed by atoms with E-state index in [9.17, 15) is 13.2 Å². The Morgan fingerprint density at radius 1 is 1.23 bits per heavy atom. The zero-order valence-corrected chi connectivity index (χ0v) is 16.9. The first-order valence-electron chi connectivity index (χ1n) is 9.05. The molecule has 1 amide bonds. The van der Waals surface area contributed by atoms with Crippen LogP contribution in [-0.4, -0.2) is 38.9 Å². The van der Waals surface area contributed by atoms with Gasteiger partial charge in [0.2, 0.25) is 15.9 Å². The minimum atomic E-state index is -3.71. The highest BCUT2D eigenvalue weighted by molar-refractivity contribution is 7.98. The normalized spacial score (nSPS) is 16.0. The van der Waals surface area contributed by atoms with Crippen LogP contribution in [0.5, 0.6) is 0 Å². The fraction of sp³-hybridized carbons (Fsp3) is 0.526. The lowest BCUT2D eigenvalue weighted by atomic mass is 9.97. The van der Waals surface area contributed by atoms with E-state index in [1.54, 1.807) is 30.0 Å². The number of carbonyl (C=O) groups is 1. The number of carbonyl (C=O) groups excluding carboxylic acids is 1. The summed E-state index contributed by atoms with van der Waals surface area (Å²) in [6.45, 7) is 0.549. The van der Waals surface area contributed by atoms with Gasteiger partial charge in [-0.05, 0) is 62.7 Å². The summed E-state index contributed by atoms with van der Waals surface area (Å²) >= 11 is 1.59. The van der Waals surface area contributed by atoms with Crippen LogP contribution in [0.2, 0.25) is 0 Å². The number of hydrogen-bond donors (Lipinski definition) is 2. The van der Waals surface area contributed by atoms with Crippen molar-refractivity contribution in [2.24, 2.45) is 0 Å². The van der Waals surface area contributed by atoms with Crippen LogP contribution in [0.4, 0.5) is 0 Å². The van der Waals surface area contributed by atoms with E-state index in [0.29, 0.717) is 18.7 Å². The molecule has 2 N–H and O–H groups in total. The van der Waals surface area contributed by atoms with Crippen LogP contribution in [0.15, 0.2) is 46.9 Å². The first-order chi connectivity index (χ1) is 12.5. The molecule has 144 valence electrons. The Kier molecular flexibility index (Phi) is 8.68. The number of allylic oxidation sites excluding steroid dienone is 1. The molecule has 26 heavy (non-hydrogen) atoms. The molecule has 1 atom stereocenters. The summed E-state index contributed by atoms with van der Waals surface area (Å²) in [5.74, 6) is 0.454. The summed E-state index contributed by atoms with van der Waals surface area (Å²) in [6.07, 6.45) is 10.2. The SMILES string of the molecule is CSCCC(NS(=O)(=O)c1ccccc1)C(=O)NCCC1=CCCCC1. The molecule has 2 rings (SSSR count). The van der Waals surface area contributed by atoms with Gasteiger partial charge in [-0.1, -0.05) is 29.8 Å². The van der Waals surface area contributed by atoms with Crippen molar-refractivity contribution in [1.82, 2.24) is 10.0 Å². The molecule has 1 aliphatic carbocycles. The maximum atomic E-state index is 12.5. The maximum Gasteiger partial charge on any atom is 0.241 e. The molecule has 5 nitrogen and oxygen atoms in total. The van der Waals surface area contributed by atoms with Crippen molar-refractivity contribution >= 4 is 27.7 Å². The zero-order chi connectivity index (χ0) is 18.8. The fourth-order valence-corrected chi connectivity index (χ4v) is 4.66. The Labute approximate surface area is 161 Å². The van der Waals surface area contributed by atoms with Crippen molar-refractivity contribution in [3.05, 3.63) is 42.0 Å². The lowest BCUT2D eigenvalue weighted by Gasteiger charge is -2.19. The van der Waals surface area contributed by atoms with Crippen molar-refractivity contribution in [3.63, 3.8) is 0 Å². The number of nitrogens with one attached hydrogen (secondary N) is 2. The minimum absolute atomic E-state index is 0.175. The van der Waals surface area contributed by atoms with E-state index in [0.717, 1.165) is 19.3 Å². The van der Waals surface area contributed by atoms with Crippen LogP contribution < -0.4 is 10.0 Å². The van der Waals surface area contributed by atoms with Gasteiger partial charge in [0.25, 0.3) is 0 Å². The van der Waals surface area contributed by atoms with E-state index in [1.165, 1.54) is 30.5 Å². The fourth-order valence-electron chi connectivity index (χ4n) is 2.94. The van der Waals surface area contributed by atoms with E-state index in [4.69, 9.17) is 0 Å². The number of rotatable bonds is 10. The summed E-state index contributed by atoms with van der Waals surface area (Å²) in [5.41, 5.74) is 1.39. The molecule has 0 saturated carbocycles. The highest BCUT2D eigenvalue weighted by Gasteiger charge is 2.25. The van der Waals surface area contributed by atoms with Gasteiger partial charge in [0.1, 0.15) is 6.04 Å². The van der Waals surface area contributed by atoms with Crippen molar-refractivity contribution in [3.8, 4) is 0 Å². The van der Waals surface area contributed by atoms with Crippen molar-refractivity contribution < 1.29 is 13.2 Å². The Balaban J connectivity index is 1.94. The van der Waals surface area contributed by atoms with Crippen LogP contribution in [0.3, 0.4) is 0 Å². The molecule has 0 heterocycles. The molecule has 0 fully saturated rings. The number of sulfonamides is 1. The summed E-state index contributed by atoms with van der Waals surface area (Å²) in [7, 11) is -3.71. The quantitative estimate of drug-likeness (QED) is 0.596. The summed E-state index contributed by atoms with van der Waals surface area (Å²) in [4.78, 5) is 12.7. The van der Waals surface area contributed by atoms with Crippen LogP contribution in [0.1, 0.15) is 38.5 Å². The van der Waals surface area contributed by atoms with E-state index >= 15 is 0 Å². The number of amides is 1. The highest BCUT2D eigenvalue weighted by Crippen LogP contribution is 2.19. The van der Waals surface area contributed by atoms with Gasteiger partial charge in [0.15, 0.2) is 0 Å². The predicted molar refractivity (Wildman–Crippen MR) is 108 cm³/mol. The predicted octanol–water partition coefficient (Wildman–Crippen LogP) is 3.09. The average molecular weight is 397 g/mol. The second-order valence-corrected chi connectivity index (χ2v) is 9.12. The lowest BCUT2D eigenvalue weighted by molar-refractivity contribution is -0.122. The molecule has 0 aromatic heterocycles. The highest BCUT2D eigenvalue weighted by atomic mass is 32.2. The topological polar surface area (TPSA) is 75.3 Å². The molecular formula is C19H28N2O3S2. The molecule has 1 unspecified atom stereocenters. The van der Waals surface area contributed by atoms with Crippen LogP contribution in [0, 0.1) is 0 Å². The second kappa shape index (κ2) is 10.7. The summed E-state index contributed by atoms with van der Waals surface area (Å²) in [6, 6.07) is 7.40. The molecule has 1 aliphatic rings. The zero-order valence-electron chi connectivity index (χ0n) is 15.2. The van der Waals surface area contributed by atoms with Gasteiger partial charge in [-0.15, -0.1) is 0 Å². The Morgan fingerprint density at radius 2 is 2.00 bits per heavy atom. The lowest BCUT2D eigenvalue weighted by Crippen LogP contribution is -2.47. The summed E-state index contributed by atoms with van der Waals surface area (Å²) in [5, 5.41) is 2.90. The van der Waals surface area contributed by atoms with Crippen molar-refractivity contribution in [1.29, 1.82) is 0 Å². The van der Waals surface area contributed by atoms with Gasteiger partial charge in [-0.2, -0.15) is 16.5 Å². The van der Waals surface area contributed by atoms with Gasteiger partial charge < -0.3 is 5.32 Å². The maximum absolute atomic E-state index is 12.5. The molecule has 0 aliphatic heterocycles. The minimum Gasteiger partial charge on any atom is -0.354 e. The van der Waals surface area contributed by atoms with E-state index in [-0.39, 0.29) is 10.8 Å². The number of hydrogen-bond acceptors (Lipinski definition) is 4. The molecular weight excluding hydrogens is 368 g/mol. The third kappa shape index (κ3) is 6.78. The summed E-state index contributed by atoms with van der Waals surface area (Å²) < 4.78 is 27.6. The third-order valence-electron chi connectivity index (χ3n) is 4.41. The third-order valence-corrected chi connectivity index (χ3v) is 6.54. The largest absolute Gasteiger partial charge is 0.354 e. The molecule has 1 aromatic carbocycles. The first kappa shape index (κ1) is 21.0. The number of thioether (sulfide) groups is 1. The van der Waals surface area contributed by atoms with Gasteiger partial charge in [0, 0.05) is 6.54 Å². The second-order valence-electron chi connectivity index (χ2n) is 6.42. The van der Waals surface area contributed by atoms with Crippen molar-refractivity contribution in [2.45, 2.75) is 49.5 Å². The number of benzene rings is 1. The van der Waals surface area contributed by atoms with Gasteiger partial charge >= 0.3 is 0 Å². The van der Waals surface area contributed by atoms with E-state index in [1.807, 2.05) is 6.26 Å². The molecule has 0 bridgehead atoms. The average Bonchev–Trinajstić information content (AvgIpc) is 2.66. The molecule has 0 radical (unpaired) electrons. The van der Waals surface area contributed by atoms with Gasteiger partial charge in [-0.25, -0.2) is 8.42 Å². The van der Waals surface area contributed by atoms with E-state index in [2.05, 4.69) is 16.1 Å². The van der Waals surface area contributed by atoms with Gasteiger partial charge in [-0.3, -0.25) is 4.79 Å². The van der Waals surface area contributed by atoms with Crippen LogP contribution in [0.25, 0.3) is 0 Å². The molecule has 7 heteroatoms. The molecule has 0 spiro atoms. The van der Waals surface area contributed by atoms with Crippen LogP contribution >= 0.6 is 11.8 Å². The monoisotopic (exact) mass is 396 g/mol. The Hall–Kier alpha value is -1.31. The Morgan fingerprint density at radius 3 is 2.65 bits per heavy atom.